The third kappa shape index (κ3) is 17.5. The van der Waals surface area contributed by atoms with Crippen molar-refractivity contribution in [3.8, 4) is 74.1 Å². The van der Waals surface area contributed by atoms with E-state index in [9.17, 15) is 9.59 Å². The highest BCUT2D eigenvalue weighted by Gasteiger charge is 2.43. The van der Waals surface area contributed by atoms with Gasteiger partial charge in [-0.1, -0.05) is 154 Å². The summed E-state index contributed by atoms with van der Waals surface area (Å²) in [5.74, 6) is 1.39. The first-order valence-electron chi connectivity index (χ1n) is 31.1. The number of unbranched alkanes of at least 4 members (excludes halogenated alkanes) is 14. The summed E-state index contributed by atoms with van der Waals surface area (Å²) in [7, 11) is 0. The normalized spacial score (nSPS) is 12.2. The second-order valence-electron chi connectivity index (χ2n) is 22.3. The first-order valence-corrected chi connectivity index (χ1v) is 33.6. The molecule has 0 bridgehead atoms. The van der Waals surface area contributed by atoms with Gasteiger partial charge in [0.25, 0.3) is 0 Å². The quantitative estimate of drug-likeness (QED) is 0.0217. The van der Waals surface area contributed by atoms with Crippen LogP contribution in [0, 0.1) is 0 Å². The molecule has 0 aliphatic heterocycles. The SMILES string of the molecule is C=CC(C=C)OC(=O)CCCCCCCOc1ccc(-c2ccc(-c3ccc4c(c3)C(CCCCCC)(CCCCCC)c3cc(-c5ccc(-c6ccc(-c7ccc(OCCCCCCCC(=O)OC(C=C)C=C)cc7)s6)s5)ccc3-4)s2)cc1. The highest BCUT2D eigenvalue weighted by atomic mass is 32.1. The van der Waals surface area contributed by atoms with E-state index in [2.05, 4.69) is 161 Å². The summed E-state index contributed by atoms with van der Waals surface area (Å²) >= 11 is 5.63. The van der Waals surface area contributed by atoms with Crippen LogP contribution < -0.4 is 9.47 Å². The van der Waals surface area contributed by atoms with Gasteiger partial charge in [-0.25, -0.2) is 0 Å². The van der Waals surface area contributed by atoms with Gasteiger partial charge in [0.2, 0.25) is 0 Å². The Balaban J connectivity index is 0.897. The number of carbonyl (C=O) groups excluding carboxylic acids is 2. The lowest BCUT2D eigenvalue weighted by atomic mass is 9.70. The molecule has 0 fully saturated rings. The van der Waals surface area contributed by atoms with Crippen molar-refractivity contribution in [2.24, 2.45) is 0 Å². The zero-order chi connectivity index (χ0) is 58.9. The topological polar surface area (TPSA) is 71.1 Å². The molecule has 6 nitrogen and oxygen atoms in total. The van der Waals surface area contributed by atoms with Gasteiger partial charge < -0.3 is 18.9 Å². The molecule has 0 amide bonds. The van der Waals surface area contributed by atoms with Crippen molar-refractivity contribution in [3.05, 3.63) is 183 Å². The van der Waals surface area contributed by atoms with Gasteiger partial charge in [0.1, 0.15) is 23.7 Å². The lowest BCUT2D eigenvalue weighted by Gasteiger charge is -2.33. The van der Waals surface area contributed by atoms with Crippen molar-refractivity contribution in [2.75, 3.05) is 13.2 Å². The molecule has 84 heavy (non-hydrogen) atoms. The first-order chi connectivity index (χ1) is 41.2. The van der Waals surface area contributed by atoms with Crippen LogP contribution in [0.4, 0.5) is 0 Å². The molecule has 9 heteroatoms. The second-order valence-corrected chi connectivity index (χ2v) is 25.6. The van der Waals surface area contributed by atoms with Gasteiger partial charge in [-0.15, -0.1) is 34.0 Å². The molecule has 0 spiro atoms. The molecule has 7 aromatic rings. The van der Waals surface area contributed by atoms with Crippen molar-refractivity contribution >= 4 is 45.9 Å². The van der Waals surface area contributed by atoms with E-state index in [0.717, 1.165) is 75.7 Å². The lowest BCUT2D eigenvalue weighted by molar-refractivity contribution is -0.146. The molecular formula is C75H88O6S3. The van der Waals surface area contributed by atoms with E-state index < -0.39 is 12.2 Å². The zero-order valence-electron chi connectivity index (χ0n) is 50.0. The molecule has 1 aliphatic rings. The van der Waals surface area contributed by atoms with Crippen molar-refractivity contribution < 1.29 is 28.5 Å². The lowest BCUT2D eigenvalue weighted by Crippen LogP contribution is -2.25. The monoisotopic (exact) mass is 1180 g/mol. The van der Waals surface area contributed by atoms with Gasteiger partial charge in [0, 0.05) is 47.5 Å². The largest absolute Gasteiger partial charge is 0.494 e. The number of hydrogen-bond donors (Lipinski definition) is 0. The molecule has 3 aromatic heterocycles. The summed E-state index contributed by atoms with van der Waals surface area (Å²) in [5, 5.41) is 0. The molecule has 3 heterocycles. The molecular weight excluding hydrogens is 1090 g/mol. The van der Waals surface area contributed by atoms with Gasteiger partial charge in [0.15, 0.2) is 0 Å². The van der Waals surface area contributed by atoms with Crippen LogP contribution in [-0.2, 0) is 24.5 Å². The van der Waals surface area contributed by atoms with Crippen LogP contribution in [0.2, 0.25) is 0 Å². The predicted molar refractivity (Wildman–Crippen MR) is 358 cm³/mol. The summed E-state index contributed by atoms with van der Waals surface area (Å²) in [4.78, 5) is 31.8. The number of thiophene rings is 3. The van der Waals surface area contributed by atoms with E-state index in [1.807, 2.05) is 34.0 Å². The number of fused-ring (bicyclic) bond motifs is 3. The van der Waals surface area contributed by atoms with Crippen molar-refractivity contribution in [2.45, 2.75) is 173 Å². The third-order valence-corrected chi connectivity index (χ3v) is 19.9. The second kappa shape index (κ2) is 33.2. The number of benzene rings is 4. The Labute approximate surface area is 514 Å². The van der Waals surface area contributed by atoms with Crippen molar-refractivity contribution in [3.63, 3.8) is 0 Å². The molecule has 0 saturated carbocycles. The Hall–Kier alpha value is -6.52. The van der Waals surface area contributed by atoms with Crippen LogP contribution in [0.1, 0.15) is 166 Å². The van der Waals surface area contributed by atoms with E-state index >= 15 is 0 Å². The van der Waals surface area contributed by atoms with E-state index in [1.165, 1.54) is 138 Å². The van der Waals surface area contributed by atoms with Crippen LogP contribution >= 0.6 is 34.0 Å². The predicted octanol–water partition coefficient (Wildman–Crippen LogP) is 22.4. The standard InChI is InChI=1S/C75H88O6S3/c1-7-13-15-25-49-75(50-26-16-14-8-2)65-53-57(69-44-43-67(82-69)55-31-37-61(38-32-55)78-51-27-21-17-19-23-29-73(76)80-59(9-3)10-4)35-41-63(65)64-42-36-58(54-66(64)75)70-46-48-72(84-70)71-47-45-68(83-71)56-33-39-62(40-34-56)79-52-28-22-18-20-24-30-74(77)81-60(11-5)12-6/h9-12,31-48,53-54,59-60H,3-8,13-30,49-52H2,1-2H3. The van der Waals surface area contributed by atoms with E-state index in [1.54, 1.807) is 24.3 Å². The maximum atomic E-state index is 12.0. The number of carbonyl (C=O) groups is 2. The van der Waals surface area contributed by atoms with Gasteiger partial charge in [0.05, 0.1) is 13.2 Å². The minimum absolute atomic E-state index is 0.0456. The van der Waals surface area contributed by atoms with Crippen LogP contribution in [0.5, 0.6) is 11.5 Å². The minimum atomic E-state index is -0.414. The molecule has 1 aliphatic carbocycles. The van der Waals surface area contributed by atoms with Crippen LogP contribution in [0.25, 0.3) is 62.6 Å². The third-order valence-electron chi connectivity index (χ3n) is 16.2. The van der Waals surface area contributed by atoms with Crippen LogP contribution in [0.3, 0.4) is 0 Å². The maximum absolute atomic E-state index is 12.0. The van der Waals surface area contributed by atoms with Gasteiger partial charge in [-0.3, -0.25) is 9.59 Å². The number of hydrogen-bond acceptors (Lipinski definition) is 9. The fourth-order valence-electron chi connectivity index (χ4n) is 11.5. The maximum Gasteiger partial charge on any atom is 0.306 e. The summed E-state index contributed by atoms with van der Waals surface area (Å²) in [6.45, 7) is 20.7. The Morgan fingerprint density at radius 3 is 1.13 bits per heavy atom. The fourth-order valence-corrected chi connectivity index (χ4v) is 14.6. The number of rotatable bonds is 39. The molecule has 0 radical (unpaired) electrons. The van der Waals surface area contributed by atoms with E-state index in [4.69, 9.17) is 18.9 Å². The first kappa shape index (κ1) is 63.5. The Morgan fingerprint density at radius 1 is 0.405 bits per heavy atom. The summed E-state index contributed by atoms with van der Waals surface area (Å²) in [5.41, 5.74) is 10.8. The Kier molecular flexibility index (Phi) is 25.1. The zero-order valence-corrected chi connectivity index (χ0v) is 52.4. The molecule has 0 saturated heterocycles. The van der Waals surface area contributed by atoms with E-state index in [-0.39, 0.29) is 17.4 Å². The Morgan fingerprint density at radius 2 is 0.738 bits per heavy atom. The van der Waals surface area contributed by atoms with Crippen LogP contribution in [-0.4, -0.2) is 37.4 Å². The van der Waals surface area contributed by atoms with Gasteiger partial charge in [-0.2, -0.15) is 0 Å². The molecule has 0 atom stereocenters. The summed E-state index contributed by atoms with van der Waals surface area (Å²) in [6.07, 6.45) is 28.5. The highest BCUT2D eigenvalue weighted by Crippen LogP contribution is 2.56. The van der Waals surface area contributed by atoms with Crippen molar-refractivity contribution in [1.29, 1.82) is 0 Å². The molecule has 0 N–H and O–H groups in total. The Bertz CT molecular complexity index is 3180. The molecule has 0 unspecified atom stereocenters. The van der Waals surface area contributed by atoms with Gasteiger partial charge in [-0.05, 0) is 204 Å². The number of ether oxygens (including phenoxy) is 4. The minimum Gasteiger partial charge on any atom is -0.494 e. The summed E-state index contributed by atoms with van der Waals surface area (Å²) < 4.78 is 22.9. The van der Waals surface area contributed by atoms with Gasteiger partial charge >= 0.3 is 11.9 Å². The average molecular weight is 1180 g/mol. The fraction of sp³-hybridized carbons (Fsp3) is 0.387. The average Bonchev–Trinajstić information content (AvgIpc) is 1.66. The highest BCUT2D eigenvalue weighted by molar-refractivity contribution is 7.25. The van der Waals surface area contributed by atoms with Crippen molar-refractivity contribution in [1.82, 2.24) is 0 Å². The molecule has 442 valence electrons. The summed E-state index contributed by atoms with van der Waals surface area (Å²) in [6, 6.07) is 45.7. The van der Waals surface area contributed by atoms with E-state index in [0.29, 0.717) is 26.1 Å². The number of esters is 2. The molecule has 4 aromatic carbocycles. The van der Waals surface area contributed by atoms with Crippen LogP contribution in [0.15, 0.2) is 172 Å². The molecule has 8 rings (SSSR count). The smallest absolute Gasteiger partial charge is 0.306 e.